The van der Waals surface area contributed by atoms with E-state index >= 15 is 0 Å². The third kappa shape index (κ3) is 5.85. The van der Waals surface area contributed by atoms with Gasteiger partial charge in [-0.15, -0.1) is 0 Å². The van der Waals surface area contributed by atoms with Gasteiger partial charge in [0.1, 0.15) is 17.6 Å². The Hall–Kier alpha value is -3.75. The van der Waals surface area contributed by atoms with E-state index in [4.69, 9.17) is 9.47 Å². The molecule has 1 aliphatic heterocycles. The molecule has 0 spiro atoms. The molecule has 0 saturated carbocycles. The standard InChI is InChI=1S/C27H25N3O4S/c1-35(31,32)27-14-10-22(16-29-27)21-8-11-24(12-9-21)33-25-18-30(19-25)17-20-7-13-26(28-15-20)34-23-5-3-2-4-6-23/h2-16,25H,17-19H2,1H3. The van der Waals surface area contributed by atoms with Crippen LogP contribution in [-0.2, 0) is 16.4 Å². The van der Waals surface area contributed by atoms with Crippen molar-refractivity contribution >= 4 is 9.84 Å². The number of ether oxygens (including phenoxy) is 2. The number of sulfone groups is 1. The minimum Gasteiger partial charge on any atom is -0.488 e. The van der Waals surface area contributed by atoms with Crippen LogP contribution in [0.3, 0.4) is 0 Å². The Morgan fingerprint density at radius 2 is 1.57 bits per heavy atom. The molecule has 0 radical (unpaired) electrons. The normalized spacial score (nSPS) is 14.3. The van der Waals surface area contributed by atoms with Crippen LogP contribution < -0.4 is 9.47 Å². The third-order valence-corrected chi connectivity index (χ3v) is 6.70. The maximum atomic E-state index is 11.6. The van der Waals surface area contributed by atoms with Gasteiger partial charge in [0.15, 0.2) is 14.9 Å². The lowest BCUT2D eigenvalue weighted by Crippen LogP contribution is -2.53. The molecule has 35 heavy (non-hydrogen) atoms. The van der Waals surface area contributed by atoms with Gasteiger partial charge in [-0.1, -0.05) is 36.4 Å². The van der Waals surface area contributed by atoms with Crippen LogP contribution in [0.15, 0.2) is 96.3 Å². The van der Waals surface area contributed by atoms with E-state index in [1.165, 1.54) is 6.07 Å². The number of aromatic nitrogens is 2. The molecule has 0 unspecified atom stereocenters. The number of benzene rings is 2. The number of pyridine rings is 2. The molecule has 178 valence electrons. The highest BCUT2D eigenvalue weighted by Crippen LogP contribution is 2.25. The zero-order valence-electron chi connectivity index (χ0n) is 19.2. The second kappa shape index (κ2) is 9.85. The lowest BCUT2D eigenvalue weighted by atomic mass is 10.1. The van der Waals surface area contributed by atoms with Gasteiger partial charge >= 0.3 is 0 Å². The van der Waals surface area contributed by atoms with Crippen LogP contribution in [0.5, 0.6) is 17.4 Å². The van der Waals surface area contributed by atoms with E-state index in [1.54, 1.807) is 12.3 Å². The highest BCUT2D eigenvalue weighted by atomic mass is 32.2. The van der Waals surface area contributed by atoms with E-state index in [0.29, 0.717) is 5.88 Å². The first-order valence-corrected chi connectivity index (χ1v) is 13.1. The Bertz CT molecular complexity index is 1370. The molecule has 4 aromatic rings. The first-order valence-electron chi connectivity index (χ1n) is 11.3. The van der Waals surface area contributed by atoms with Gasteiger partial charge in [0.2, 0.25) is 5.88 Å². The van der Waals surface area contributed by atoms with E-state index in [9.17, 15) is 8.42 Å². The van der Waals surface area contributed by atoms with Crippen LogP contribution in [0.1, 0.15) is 5.56 Å². The predicted octanol–water partition coefficient (Wildman–Crippen LogP) is 4.60. The summed E-state index contributed by atoms with van der Waals surface area (Å²) in [6, 6.07) is 24.6. The first-order chi connectivity index (χ1) is 16.9. The number of para-hydroxylation sites is 1. The highest BCUT2D eigenvalue weighted by molar-refractivity contribution is 7.90. The van der Waals surface area contributed by atoms with Crippen molar-refractivity contribution in [1.29, 1.82) is 0 Å². The smallest absolute Gasteiger partial charge is 0.219 e. The molecular weight excluding hydrogens is 462 g/mol. The highest BCUT2D eigenvalue weighted by Gasteiger charge is 2.28. The minimum atomic E-state index is -3.30. The number of likely N-dealkylation sites (tertiary alicyclic amines) is 1. The van der Waals surface area contributed by atoms with E-state index < -0.39 is 9.84 Å². The Balaban J connectivity index is 1.09. The second-order valence-corrected chi connectivity index (χ2v) is 10.5. The average Bonchev–Trinajstić information content (AvgIpc) is 2.84. The Kier molecular flexibility index (Phi) is 6.48. The average molecular weight is 488 g/mol. The summed E-state index contributed by atoms with van der Waals surface area (Å²) in [6.07, 6.45) is 4.72. The first kappa shape index (κ1) is 23.0. The molecule has 0 amide bonds. The molecule has 5 rings (SSSR count). The fourth-order valence-corrected chi connectivity index (χ4v) is 4.41. The molecule has 3 heterocycles. The molecule has 1 aliphatic rings. The van der Waals surface area contributed by atoms with Gasteiger partial charge in [-0.2, -0.15) is 0 Å². The van der Waals surface area contributed by atoms with Crippen molar-refractivity contribution in [2.24, 2.45) is 0 Å². The summed E-state index contributed by atoms with van der Waals surface area (Å²) in [6.45, 7) is 2.51. The number of hydrogen-bond donors (Lipinski definition) is 0. The Morgan fingerprint density at radius 1 is 0.829 bits per heavy atom. The molecule has 1 fully saturated rings. The summed E-state index contributed by atoms with van der Waals surface area (Å²) in [4.78, 5) is 10.8. The van der Waals surface area contributed by atoms with E-state index in [2.05, 4.69) is 14.9 Å². The minimum absolute atomic E-state index is 0.0722. The van der Waals surface area contributed by atoms with E-state index in [1.807, 2.05) is 72.9 Å². The molecule has 7 nitrogen and oxygen atoms in total. The van der Waals surface area contributed by atoms with Gasteiger partial charge in [-0.05, 0) is 47.5 Å². The maximum Gasteiger partial charge on any atom is 0.219 e. The maximum absolute atomic E-state index is 11.6. The van der Waals surface area contributed by atoms with Gasteiger partial charge in [-0.3, -0.25) is 4.90 Å². The molecule has 1 saturated heterocycles. The SMILES string of the molecule is CS(=O)(=O)c1ccc(-c2ccc(OC3CN(Cc4ccc(Oc5ccccc5)nc4)C3)cc2)cn1. The molecular formula is C27H25N3O4S. The van der Waals surface area contributed by atoms with Gasteiger partial charge in [0.05, 0.1) is 0 Å². The van der Waals surface area contributed by atoms with Crippen LogP contribution in [0, 0.1) is 0 Å². The molecule has 2 aromatic carbocycles. The topological polar surface area (TPSA) is 81.6 Å². The van der Waals surface area contributed by atoms with Crippen molar-refractivity contribution in [2.45, 2.75) is 17.7 Å². The molecule has 8 heteroatoms. The predicted molar refractivity (Wildman–Crippen MR) is 133 cm³/mol. The zero-order valence-corrected chi connectivity index (χ0v) is 20.1. The van der Waals surface area contributed by atoms with Gasteiger partial charge < -0.3 is 9.47 Å². The number of rotatable bonds is 8. The summed E-state index contributed by atoms with van der Waals surface area (Å²) in [5, 5.41) is 0.0722. The number of hydrogen-bond acceptors (Lipinski definition) is 7. The van der Waals surface area contributed by atoms with Crippen LogP contribution in [0.2, 0.25) is 0 Å². The zero-order chi connectivity index (χ0) is 24.3. The summed E-state index contributed by atoms with van der Waals surface area (Å²) >= 11 is 0. The number of nitrogens with zero attached hydrogens (tertiary/aromatic N) is 3. The van der Waals surface area contributed by atoms with Crippen molar-refractivity contribution in [3.8, 4) is 28.5 Å². The monoisotopic (exact) mass is 487 g/mol. The fraction of sp³-hybridized carbons (Fsp3) is 0.185. The van der Waals surface area contributed by atoms with E-state index in [-0.39, 0.29) is 11.1 Å². The molecule has 0 atom stereocenters. The molecule has 2 aromatic heterocycles. The summed E-state index contributed by atoms with van der Waals surface area (Å²) in [5.41, 5.74) is 2.93. The van der Waals surface area contributed by atoms with Gasteiger partial charge in [0.25, 0.3) is 0 Å². The van der Waals surface area contributed by atoms with Crippen molar-refractivity contribution in [2.75, 3.05) is 19.3 Å². The lowest BCUT2D eigenvalue weighted by molar-refractivity contribution is 0.0145. The lowest BCUT2D eigenvalue weighted by Gasteiger charge is -2.39. The quantitative estimate of drug-likeness (QED) is 0.359. The summed E-state index contributed by atoms with van der Waals surface area (Å²) in [7, 11) is -3.30. The van der Waals surface area contributed by atoms with Crippen molar-refractivity contribution < 1.29 is 17.9 Å². The van der Waals surface area contributed by atoms with E-state index in [0.717, 1.165) is 54.1 Å². The molecule has 0 N–H and O–H groups in total. The Morgan fingerprint density at radius 3 is 2.20 bits per heavy atom. The van der Waals surface area contributed by atoms with Crippen molar-refractivity contribution in [3.05, 3.63) is 96.8 Å². The van der Waals surface area contributed by atoms with Crippen LogP contribution >= 0.6 is 0 Å². The van der Waals surface area contributed by atoms with Crippen molar-refractivity contribution in [1.82, 2.24) is 14.9 Å². The Labute approximate surface area is 204 Å². The van der Waals surface area contributed by atoms with Crippen molar-refractivity contribution in [3.63, 3.8) is 0 Å². The summed E-state index contributed by atoms with van der Waals surface area (Å²) in [5.74, 6) is 2.16. The molecule has 0 bridgehead atoms. The van der Waals surface area contributed by atoms with Crippen LogP contribution in [0.25, 0.3) is 11.1 Å². The van der Waals surface area contributed by atoms with Gasteiger partial charge in [-0.25, -0.2) is 18.4 Å². The van der Waals surface area contributed by atoms with Crippen LogP contribution in [0.4, 0.5) is 0 Å². The van der Waals surface area contributed by atoms with Crippen LogP contribution in [-0.4, -0.2) is 48.7 Å². The third-order valence-electron chi connectivity index (χ3n) is 5.70. The van der Waals surface area contributed by atoms with Gasteiger partial charge in [0, 0.05) is 49.9 Å². The fourth-order valence-electron chi connectivity index (χ4n) is 3.85. The molecule has 0 aliphatic carbocycles. The largest absolute Gasteiger partial charge is 0.488 e. The second-order valence-electron chi connectivity index (χ2n) is 8.54. The summed E-state index contributed by atoms with van der Waals surface area (Å²) < 4.78 is 35.0.